The van der Waals surface area contributed by atoms with E-state index in [1.807, 2.05) is 31.2 Å². The average molecular weight is 399 g/mol. The maximum absolute atomic E-state index is 11.2. The lowest BCUT2D eigenvalue weighted by atomic mass is 10.1. The molecular formula is C18H15BrN4O2. The summed E-state index contributed by atoms with van der Waals surface area (Å²) in [6.45, 7) is 2.76. The Labute approximate surface area is 152 Å². The van der Waals surface area contributed by atoms with Crippen molar-refractivity contribution >= 4 is 27.4 Å². The molecule has 1 N–H and O–H groups in total. The lowest BCUT2D eigenvalue weighted by Crippen LogP contribution is -2.06. The Morgan fingerprint density at radius 3 is 2.84 bits per heavy atom. The van der Waals surface area contributed by atoms with Crippen LogP contribution in [0.15, 0.2) is 46.9 Å². The summed E-state index contributed by atoms with van der Waals surface area (Å²) < 4.78 is 2.77. The number of nitrogens with one attached hydrogen (secondary N) is 1. The van der Waals surface area contributed by atoms with Crippen molar-refractivity contribution in [1.29, 1.82) is 0 Å². The fourth-order valence-electron chi connectivity index (χ4n) is 3.16. The van der Waals surface area contributed by atoms with E-state index in [9.17, 15) is 10.1 Å². The lowest BCUT2D eigenvalue weighted by Gasteiger charge is -2.09. The summed E-state index contributed by atoms with van der Waals surface area (Å²) >= 11 is 3.59. The second-order valence-corrected chi connectivity index (χ2v) is 6.83. The minimum absolute atomic E-state index is 0.0605. The van der Waals surface area contributed by atoms with Gasteiger partial charge in [0.05, 0.1) is 16.3 Å². The molecule has 126 valence electrons. The maximum atomic E-state index is 11.2. The number of aryl methyl sites for hydroxylation is 1. The van der Waals surface area contributed by atoms with Crippen molar-refractivity contribution in [2.24, 2.45) is 0 Å². The van der Waals surface area contributed by atoms with Crippen LogP contribution in [0.1, 0.15) is 11.1 Å². The highest BCUT2D eigenvalue weighted by Gasteiger charge is 2.26. The normalized spacial score (nSPS) is 12.7. The lowest BCUT2D eigenvalue weighted by molar-refractivity contribution is -0.384. The van der Waals surface area contributed by atoms with Crippen molar-refractivity contribution in [3.05, 3.63) is 68.2 Å². The number of non-ortho nitro benzene ring substituents is 1. The molecule has 0 atom stereocenters. The van der Waals surface area contributed by atoms with Gasteiger partial charge >= 0.3 is 0 Å². The van der Waals surface area contributed by atoms with Gasteiger partial charge in [-0.05, 0) is 25.0 Å². The summed E-state index contributed by atoms with van der Waals surface area (Å²) in [6, 6.07) is 12.8. The van der Waals surface area contributed by atoms with E-state index >= 15 is 0 Å². The summed E-state index contributed by atoms with van der Waals surface area (Å²) in [7, 11) is 0. The average Bonchev–Trinajstić information content (AvgIpc) is 3.18. The first kappa shape index (κ1) is 15.8. The van der Waals surface area contributed by atoms with Gasteiger partial charge in [0.25, 0.3) is 5.69 Å². The molecule has 1 aliphatic heterocycles. The van der Waals surface area contributed by atoms with Crippen molar-refractivity contribution in [2.75, 3.05) is 11.9 Å². The van der Waals surface area contributed by atoms with E-state index in [0.717, 1.165) is 51.3 Å². The molecular weight excluding hydrogens is 384 g/mol. The van der Waals surface area contributed by atoms with Crippen LogP contribution in [0, 0.1) is 17.0 Å². The minimum atomic E-state index is -0.380. The van der Waals surface area contributed by atoms with Crippen LogP contribution in [0.2, 0.25) is 0 Å². The molecule has 2 heterocycles. The van der Waals surface area contributed by atoms with Gasteiger partial charge in [-0.25, -0.2) is 4.68 Å². The molecule has 0 saturated carbocycles. The van der Waals surface area contributed by atoms with E-state index in [1.54, 1.807) is 16.8 Å². The van der Waals surface area contributed by atoms with Crippen molar-refractivity contribution in [3.8, 4) is 16.9 Å². The van der Waals surface area contributed by atoms with Crippen molar-refractivity contribution in [3.63, 3.8) is 0 Å². The van der Waals surface area contributed by atoms with Gasteiger partial charge in [0.2, 0.25) is 0 Å². The minimum Gasteiger partial charge on any atom is -0.369 e. The predicted octanol–water partition coefficient (Wildman–Crippen LogP) is 4.49. The Hall–Kier alpha value is -2.67. The van der Waals surface area contributed by atoms with Crippen molar-refractivity contribution in [1.82, 2.24) is 9.78 Å². The molecule has 4 rings (SSSR count). The fourth-order valence-corrected chi connectivity index (χ4v) is 3.63. The third-order valence-corrected chi connectivity index (χ3v) is 5.10. The van der Waals surface area contributed by atoms with E-state index in [4.69, 9.17) is 5.10 Å². The van der Waals surface area contributed by atoms with E-state index in [0.29, 0.717) is 0 Å². The van der Waals surface area contributed by atoms with E-state index in [2.05, 4.69) is 21.2 Å². The summed E-state index contributed by atoms with van der Waals surface area (Å²) in [5.74, 6) is 0.911. The topological polar surface area (TPSA) is 73.0 Å². The number of nitro groups is 1. The summed E-state index contributed by atoms with van der Waals surface area (Å²) in [4.78, 5) is 10.8. The first-order valence-electron chi connectivity index (χ1n) is 7.92. The molecule has 6 nitrogen and oxygen atoms in total. The van der Waals surface area contributed by atoms with Gasteiger partial charge in [0.1, 0.15) is 5.82 Å². The van der Waals surface area contributed by atoms with Crippen LogP contribution >= 0.6 is 15.9 Å². The number of nitrogens with zero attached hydrogens (tertiary/aromatic N) is 3. The molecule has 0 amide bonds. The van der Waals surface area contributed by atoms with Gasteiger partial charge in [-0.3, -0.25) is 10.1 Å². The summed E-state index contributed by atoms with van der Waals surface area (Å²) in [6.07, 6.45) is 0.875. The molecule has 25 heavy (non-hydrogen) atoms. The van der Waals surface area contributed by atoms with Crippen LogP contribution in [-0.2, 0) is 6.42 Å². The molecule has 0 fully saturated rings. The van der Waals surface area contributed by atoms with E-state index in [1.165, 1.54) is 6.07 Å². The molecule has 0 aliphatic carbocycles. The number of halogens is 1. The van der Waals surface area contributed by atoms with Gasteiger partial charge in [-0.15, -0.1) is 0 Å². The molecule has 1 aromatic heterocycles. The molecule has 0 unspecified atom stereocenters. The molecule has 0 bridgehead atoms. The molecule has 0 spiro atoms. The first-order chi connectivity index (χ1) is 12.1. The first-order valence-corrected chi connectivity index (χ1v) is 8.71. The highest BCUT2D eigenvalue weighted by molar-refractivity contribution is 9.10. The molecule has 3 aromatic rings. The largest absolute Gasteiger partial charge is 0.369 e. The van der Waals surface area contributed by atoms with Crippen LogP contribution in [0.3, 0.4) is 0 Å². The standard InChI is InChI=1S/C18H15BrN4O2/c1-11-6-7-12(23(24)25)10-16(11)22-18-14(8-9-20-18)17(21-22)13-4-2-3-5-15(13)19/h2-7,10,20H,8-9H2,1H3. The maximum Gasteiger partial charge on any atom is 0.271 e. The van der Waals surface area contributed by atoms with Gasteiger partial charge in [-0.2, -0.15) is 5.10 Å². The zero-order chi connectivity index (χ0) is 17.6. The van der Waals surface area contributed by atoms with Gasteiger partial charge in [0.15, 0.2) is 0 Å². The predicted molar refractivity (Wildman–Crippen MR) is 100 cm³/mol. The van der Waals surface area contributed by atoms with E-state index < -0.39 is 0 Å². The van der Waals surface area contributed by atoms with Crippen LogP contribution in [0.5, 0.6) is 0 Å². The zero-order valence-electron chi connectivity index (χ0n) is 13.5. The van der Waals surface area contributed by atoms with Crippen LogP contribution in [0.4, 0.5) is 11.5 Å². The van der Waals surface area contributed by atoms with Gasteiger partial charge in [-0.1, -0.05) is 40.2 Å². The zero-order valence-corrected chi connectivity index (χ0v) is 15.1. The Bertz CT molecular complexity index is 997. The third-order valence-electron chi connectivity index (χ3n) is 4.41. The smallest absolute Gasteiger partial charge is 0.271 e. The van der Waals surface area contributed by atoms with Gasteiger partial charge < -0.3 is 5.32 Å². The number of nitro benzene ring substituents is 1. The highest BCUT2D eigenvalue weighted by atomic mass is 79.9. The number of anilines is 1. The SMILES string of the molecule is Cc1ccc([N+](=O)[O-])cc1-n1nc(-c2ccccc2Br)c2c1NCC2. The molecule has 7 heteroatoms. The van der Waals surface area contributed by atoms with E-state index in [-0.39, 0.29) is 10.6 Å². The Kier molecular flexibility index (Phi) is 3.80. The molecule has 0 radical (unpaired) electrons. The third kappa shape index (κ3) is 2.60. The highest BCUT2D eigenvalue weighted by Crippen LogP contribution is 2.38. The molecule has 1 aliphatic rings. The number of benzene rings is 2. The Morgan fingerprint density at radius 2 is 2.08 bits per heavy atom. The second kappa shape index (κ2) is 6.00. The fraction of sp³-hybridized carbons (Fsp3) is 0.167. The summed E-state index contributed by atoms with van der Waals surface area (Å²) in [5, 5.41) is 19.3. The van der Waals surface area contributed by atoms with Crippen LogP contribution < -0.4 is 5.32 Å². The quantitative estimate of drug-likeness (QED) is 0.521. The van der Waals surface area contributed by atoms with Crippen molar-refractivity contribution in [2.45, 2.75) is 13.3 Å². The molecule has 0 saturated heterocycles. The second-order valence-electron chi connectivity index (χ2n) is 5.97. The van der Waals surface area contributed by atoms with Crippen LogP contribution in [0.25, 0.3) is 16.9 Å². The number of hydrogen-bond donors (Lipinski definition) is 1. The summed E-state index contributed by atoms with van der Waals surface area (Å²) in [5.41, 5.74) is 4.77. The number of aromatic nitrogens is 2. The monoisotopic (exact) mass is 398 g/mol. The number of rotatable bonds is 3. The Morgan fingerprint density at radius 1 is 1.28 bits per heavy atom. The van der Waals surface area contributed by atoms with Gasteiger partial charge in [0, 0.05) is 34.3 Å². The Balaban J connectivity index is 1.94. The van der Waals surface area contributed by atoms with Crippen molar-refractivity contribution < 1.29 is 4.92 Å². The number of hydrogen-bond acceptors (Lipinski definition) is 4. The van der Waals surface area contributed by atoms with Crippen LogP contribution in [-0.4, -0.2) is 21.2 Å². The number of fused-ring (bicyclic) bond motifs is 1. The molecule has 2 aromatic carbocycles.